The molecule has 2 heteroatoms. The van der Waals surface area contributed by atoms with Crippen molar-refractivity contribution in [3.8, 4) is 0 Å². The van der Waals surface area contributed by atoms with E-state index in [4.69, 9.17) is 0 Å². The van der Waals surface area contributed by atoms with E-state index in [1.165, 1.54) is 38.5 Å². The molecular formula is C11H22N2. The van der Waals surface area contributed by atoms with Crippen molar-refractivity contribution in [1.29, 1.82) is 0 Å². The van der Waals surface area contributed by atoms with Crippen LogP contribution in [0.4, 0.5) is 0 Å². The van der Waals surface area contributed by atoms with Gasteiger partial charge >= 0.3 is 0 Å². The van der Waals surface area contributed by atoms with Gasteiger partial charge in [-0.3, -0.25) is 0 Å². The standard InChI is InChI=1S/C11H22N2/c1-13(2)11-6-4-3-5-10(11)12-9-7-8-9/h9-12H,3-8H2,1-2H3/t10-,11-/m0/s1. The van der Waals surface area contributed by atoms with Gasteiger partial charge in [-0.1, -0.05) is 12.8 Å². The van der Waals surface area contributed by atoms with Crippen molar-refractivity contribution in [1.82, 2.24) is 10.2 Å². The third kappa shape index (κ3) is 2.44. The summed E-state index contributed by atoms with van der Waals surface area (Å²) in [4.78, 5) is 2.40. The zero-order valence-corrected chi connectivity index (χ0v) is 8.92. The molecule has 2 nitrogen and oxygen atoms in total. The number of nitrogens with zero attached hydrogens (tertiary/aromatic N) is 1. The van der Waals surface area contributed by atoms with Crippen LogP contribution in [0.25, 0.3) is 0 Å². The maximum absolute atomic E-state index is 3.78. The summed E-state index contributed by atoms with van der Waals surface area (Å²) in [7, 11) is 4.44. The summed E-state index contributed by atoms with van der Waals surface area (Å²) in [5.74, 6) is 0. The van der Waals surface area contributed by atoms with Gasteiger partial charge < -0.3 is 10.2 Å². The molecule has 0 unspecified atom stereocenters. The van der Waals surface area contributed by atoms with Crippen molar-refractivity contribution in [2.24, 2.45) is 0 Å². The van der Waals surface area contributed by atoms with Crippen LogP contribution in [0.1, 0.15) is 38.5 Å². The molecule has 1 N–H and O–H groups in total. The largest absolute Gasteiger partial charge is 0.310 e. The van der Waals surface area contributed by atoms with Crippen molar-refractivity contribution >= 4 is 0 Å². The van der Waals surface area contributed by atoms with Crippen molar-refractivity contribution in [2.45, 2.75) is 56.7 Å². The zero-order valence-electron chi connectivity index (χ0n) is 8.92. The van der Waals surface area contributed by atoms with E-state index in [0.29, 0.717) is 0 Å². The lowest BCUT2D eigenvalue weighted by atomic mass is 9.89. The fourth-order valence-corrected chi connectivity index (χ4v) is 2.48. The highest BCUT2D eigenvalue weighted by molar-refractivity contribution is 4.92. The molecule has 0 saturated heterocycles. The number of hydrogen-bond acceptors (Lipinski definition) is 2. The summed E-state index contributed by atoms with van der Waals surface area (Å²) < 4.78 is 0. The van der Waals surface area contributed by atoms with Crippen LogP contribution in [0.3, 0.4) is 0 Å². The average Bonchev–Trinajstić information content (AvgIpc) is 2.89. The molecule has 0 aliphatic heterocycles. The van der Waals surface area contributed by atoms with Gasteiger partial charge in [0.25, 0.3) is 0 Å². The highest BCUT2D eigenvalue weighted by Gasteiger charge is 2.31. The van der Waals surface area contributed by atoms with Crippen molar-refractivity contribution in [3.05, 3.63) is 0 Å². The topological polar surface area (TPSA) is 15.3 Å². The number of hydrogen-bond donors (Lipinski definition) is 1. The van der Waals surface area contributed by atoms with E-state index in [-0.39, 0.29) is 0 Å². The molecule has 0 amide bonds. The Bertz CT molecular complexity index is 163. The SMILES string of the molecule is CN(C)[C@H]1CCCC[C@@H]1NC1CC1. The molecule has 0 aromatic carbocycles. The molecule has 2 saturated carbocycles. The van der Waals surface area contributed by atoms with Crippen LogP contribution in [0.15, 0.2) is 0 Å². The summed E-state index contributed by atoms with van der Waals surface area (Å²) in [5.41, 5.74) is 0. The monoisotopic (exact) mass is 182 g/mol. The van der Waals surface area contributed by atoms with Crippen LogP contribution in [-0.2, 0) is 0 Å². The Morgan fingerprint density at radius 1 is 1.00 bits per heavy atom. The Kier molecular flexibility index (Phi) is 2.89. The molecule has 76 valence electrons. The molecule has 0 aromatic rings. The van der Waals surface area contributed by atoms with Crippen LogP contribution in [0.2, 0.25) is 0 Å². The van der Waals surface area contributed by atoms with Gasteiger partial charge in [0.15, 0.2) is 0 Å². The van der Waals surface area contributed by atoms with Gasteiger partial charge in [-0.15, -0.1) is 0 Å². The predicted molar refractivity (Wildman–Crippen MR) is 55.9 cm³/mol. The van der Waals surface area contributed by atoms with E-state index in [1.807, 2.05) is 0 Å². The Labute approximate surface area is 81.7 Å². The minimum atomic E-state index is 0.774. The van der Waals surface area contributed by atoms with Crippen molar-refractivity contribution in [3.63, 3.8) is 0 Å². The maximum atomic E-state index is 3.78. The van der Waals surface area contributed by atoms with Crippen molar-refractivity contribution < 1.29 is 0 Å². The van der Waals surface area contributed by atoms with Crippen LogP contribution >= 0.6 is 0 Å². The highest BCUT2D eigenvalue weighted by atomic mass is 15.2. The lowest BCUT2D eigenvalue weighted by Gasteiger charge is -2.36. The molecule has 2 atom stereocenters. The summed E-state index contributed by atoms with van der Waals surface area (Å²) in [6.07, 6.45) is 8.45. The lowest BCUT2D eigenvalue weighted by molar-refractivity contribution is 0.176. The maximum Gasteiger partial charge on any atom is 0.0243 e. The second-order valence-corrected chi connectivity index (χ2v) is 4.86. The summed E-state index contributed by atoms with van der Waals surface area (Å²) in [5, 5.41) is 3.78. The second kappa shape index (κ2) is 3.97. The summed E-state index contributed by atoms with van der Waals surface area (Å²) in [6.45, 7) is 0. The first-order chi connectivity index (χ1) is 6.27. The van der Waals surface area contributed by atoms with E-state index in [0.717, 1.165) is 18.1 Å². The summed E-state index contributed by atoms with van der Waals surface area (Å²) >= 11 is 0. The first-order valence-corrected chi connectivity index (χ1v) is 5.70. The molecule has 2 rings (SSSR count). The number of rotatable bonds is 3. The van der Waals surface area contributed by atoms with E-state index in [1.54, 1.807) is 0 Å². The third-order valence-corrected chi connectivity index (χ3v) is 3.42. The smallest absolute Gasteiger partial charge is 0.0243 e. The Balaban J connectivity index is 1.87. The lowest BCUT2D eigenvalue weighted by Crippen LogP contribution is -2.49. The van der Waals surface area contributed by atoms with Gasteiger partial charge in [-0.05, 0) is 39.8 Å². The fraction of sp³-hybridized carbons (Fsp3) is 1.00. The predicted octanol–water partition coefficient (Wildman–Crippen LogP) is 1.61. The number of likely N-dealkylation sites (N-methyl/N-ethyl adjacent to an activating group) is 1. The van der Waals surface area contributed by atoms with Gasteiger partial charge in [0.2, 0.25) is 0 Å². The number of nitrogens with one attached hydrogen (secondary N) is 1. The second-order valence-electron chi connectivity index (χ2n) is 4.86. The Hall–Kier alpha value is -0.0800. The molecule has 2 fully saturated rings. The molecule has 0 heterocycles. The average molecular weight is 182 g/mol. The third-order valence-electron chi connectivity index (χ3n) is 3.42. The van der Waals surface area contributed by atoms with E-state index in [9.17, 15) is 0 Å². The van der Waals surface area contributed by atoms with Gasteiger partial charge in [0, 0.05) is 18.1 Å². The van der Waals surface area contributed by atoms with Gasteiger partial charge in [-0.25, -0.2) is 0 Å². The summed E-state index contributed by atoms with van der Waals surface area (Å²) in [6, 6.07) is 2.43. The molecular weight excluding hydrogens is 160 g/mol. The molecule has 2 aliphatic carbocycles. The minimum Gasteiger partial charge on any atom is -0.310 e. The van der Waals surface area contributed by atoms with Gasteiger partial charge in [-0.2, -0.15) is 0 Å². The molecule has 13 heavy (non-hydrogen) atoms. The first-order valence-electron chi connectivity index (χ1n) is 5.70. The van der Waals surface area contributed by atoms with Gasteiger partial charge in [0.05, 0.1) is 0 Å². The first kappa shape index (κ1) is 9.47. The quantitative estimate of drug-likeness (QED) is 0.713. The molecule has 0 radical (unpaired) electrons. The molecule has 0 spiro atoms. The molecule has 0 bridgehead atoms. The fourth-order valence-electron chi connectivity index (χ4n) is 2.48. The van der Waals surface area contributed by atoms with Crippen molar-refractivity contribution in [2.75, 3.05) is 14.1 Å². The van der Waals surface area contributed by atoms with E-state index in [2.05, 4.69) is 24.3 Å². The molecule has 0 aromatic heterocycles. The normalized spacial score (nSPS) is 35.3. The van der Waals surface area contributed by atoms with E-state index < -0.39 is 0 Å². The zero-order chi connectivity index (χ0) is 9.26. The Morgan fingerprint density at radius 2 is 1.69 bits per heavy atom. The van der Waals surface area contributed by atoms with Crippen LogP contribution in [0.5, 0.6) is 0 Å². The minimum absolute atomic E-state index is 0.774. The molecule has 2 aliphatic rings. The van der Waals surface area contributed by atoms with Gasteiger partial charge in [0.1, 0.15) is 0 Å². The van der Waals surface area contributed by atoms with E-state index >= 15 is 0 Å². The van der Waals surface area contributed by atoms with Crippen LogP contribution < -0.4 is 5.32 Å². The van der Waals surface area contributed by atoms with Crippen LogP contribution in [0, 0.1) is 0 Å². The van der Waals surface area contributed by atoms with Crippen LogP contribution in [-0.4, -0.2) is 37.1 Å². The Morgan fingerprint density at radius 3 is 2.31 bits per heavy atom. The highest BCUT2D eigenvalue weighted by Crippen LogP contribution is 2.26.